The normalized spacial score (nSPS) is 14.5. The fraction of sp³-hybridized carbons (Fsp3) is 0.312. The van der Waals surface area contributed by atoms with Gasteiger partial charge in [0.2, 0.25) is 11.8 Å². The van der Waals surface area contributed by atoms with Crippen molar-refractivity contribution in [1.82, 2.24) is 10.3 Å². The molecule has 0 aliphatic heterocycles. The lowest BCUT2D eigenvalue weighted by Crippen LogP contribution is -2.47. The van der Waals surface area contributed by atoms with Crippen molar-refractivity contribution < 1.29 is 23.5 Å². The molecule has 5 rings (SSSR count). The topological polar surface area (TPSA) is 83.7 Å². The molecule has 40 heavy (non-hydrogen) atoms. The predicted octanol–water partition coefficient (Wildman–Crippen LogP) is 6.09. The number of nitrogens with zero attached hydrogens (tertiary/aromatic N) is 1. The van der Waals surface area contributed by atoms with Crippen LogP contribution < -0.4 is 19.7 Å². The summed E-state index contributed by atoms with van der Waals surface area (Å²) in [6.07, 6.45) is 6.89. The van der Waals surface area contributed by atoms with Crippen molar-refractivity contribution in [2.75, 3.05) is 19.1 Å². The van der Waals surface area contributed by atoms with Crippen molar-refractivity contribution >= 4 is 28.4 Å². The summed E-state index contributed by atoms with van der Waals surface area (Å²) < 4.78 is 24.9. The quantitative estimate of drug-likeness (QED) is 0.268. The molecule has 1 aliphatic rings. The van der Waals surface area contributed by atoms with Gasteiger partial charge in [0, 0.05) is 34.9 Å². The molecule has 1 unspecified atom stereocenters. The standard InChI is InChI=1S/C32H34FN3O4/c1-39-28-17-16-25(19-29(28)40-2)36(30(37)18-22-20-34-27-11-7-6-10-26(22)27)31(21-12-14-23(33)15-13-21)32(38)35-24-8-4-3-5-9-24/h6-7,10-17,19-20,24,31,34H,3-5,8-9,18H2,1-2H3,(H,35,38). The lowest BCUT2D eigenvalue weighted by molar-refractivity contribution is -0.127. The van der Waals surface area contributed by atoms with Crippen LogP contribution in [0.1, 0.15) is 49.3 Å². The Kier molecular flexibility index (Phi) is 8.34. The van der Waals surface area contributed by atoms with Gasteiger partial charge in [0.05, 0.1) is 20.6 Å². The van der Waals surface area contributed by atoms with Crippen molar-refractivity contribution in [3.8, 4) is 11.5 Å². The monoisotopic (exact) mass is 543 g/mol. The average Bonchev–Trinajstić information content (AvgIpc) is 3.39. The highest BCUT2D eigenvalue weighted by Gasteiger charge is 2.35. The minimum Gasteiger partial charge on any atom is -0.493 e. The third-order valence-electron chi connectivity index (χ3n) is 7.57. The number of fused-ring (bicyclic) bond motifs is 1. The number of nitrogens with one attached hydrogen (secondary N) is 2. The van der Waals surface area contributed by atoms with E-state index in [1.165, 1.54) is 31.3 Å². The predicted molar refractivity (Wildman–Crippen MR) is 153 cm³/mol. The summed E-state index contributed by atoms with van der Waals surface area (Å²) in [4.78, 5) is 33.0. The van der Waals surface area contributed by atoms with Crippen molar-refractivity contribution in [1.29, 1.82) is 0 Å². The Balaban J connectivity index is 1.60. The summed E-state index contributed by atoms with van der Waals surface area (Å²) in [5.74, 6) is -0.0839. The van der Waals surface area contributed by atoms with E-state index in [9.17, 15) is 14.0 Å². The zero-order chi connectivity index (χ0) is 28.1. The fourth-order valence-electron chi connectivity index (χ4n) is 5.53. The Hall–Kier alpha value is -4.33. The molecule has 0 bridgehead atoms. The molecule has 7 nitrogen and oxygen atoms in total. The summed E-state index contributed by atoms with van der Waals surface area (Å²) in [5.41, 5.74) is 2.72. The van der Waals surface area contributed by atoms with Gasteiger partial charge in [0.25, 0.3) is 0 Å². The second-order valence-electron chi connectivity index (χ2n) is 10.1. The number of ether oxygens (including phenoxy) is 2. The van der Waals surface area contributed by atoms with Gasteiger partial charge in [-0.1, -0.05) is 49.6 Å². The maximum absolute atomic E-state index is 14.3. The molecular weight excluding hydrogens is 509 g/mol. The number of aromatic amines is 1. The van der Waals surface area contributed by atoms with E-state index in [-0.39, 0.29) is 24.3 Å². The third-order valence-corrected chi connectivity index (χ3v) is 7.57. The van der Waals surface area contributed by atoms with Gasteiger partial charge in [-0.3, -0.25) is 14.5 Å². The Morgan fingerprint density at radius 3 is 2.42 bits per heavy atom. The Morgan fingerprint density at radius 1 is 0.975 bits per heavy atom. The van der Waals surface area contributed by atoms with Gasteiger partial charge >= 0.3 is 0 Å². The highest BCUT2D eigenvalue weighted by molar-refractivity contribution is 6.03. The largest absolute Gasteiger partial charge is 0.493 e. The summed E-state index contributed by atoms with van der Waals surface area (Å²) >= 11 is 0. The van der Waals surface area contributed by atoms with Crippen molar-refractivity contribution in [2.24, 2.45) is 0 Å². The summed E-state index contributed by atoms with van der Waals surface area (Å²) in [5, 5.41) is 4.13. The lowest BCUT2D eigenvalue weighted by Gasteiger charge is -2.34. The molecule has 1 aromatic heterocycles. The van der Waals surface area contributed by atoms with Crippen LogP contribution in [0.25, 0.3) is 10.9 Å². The maximum atomic E-state index is 14.3. The van der Waals surface area contributed by atoms with E-state index in [4.69, 9.17) is 9.47 Å². The van der Waals surface area contributed by atoms with Crippen LogP contribution in [0.4, 0.5) is 10.1 Å². The molecule has 0 radical (unpaired) electrons. The van der Waals surface area contributed by atoms with Crippen LogP contribution in [0, 0.1) is 5.82 Å². The number of para-hydroxylation sites is 1. The van der Waals surface area contributed by atoms with Crippen molar-refractivity contribution in [3.05, 3.63) is 89.9 Å². The van der Waals surface area contributed by atoms with Crippen LogP contribution in [0.2, 0.25) is 0 Å². The van der Waals surface area contributed by atoms with E-state index in [2.05, 4.69) is 10.3 Å². The number of amides is 2. The van der Waals surface area contributed by atoms with Gasteiger partial charge in [0.1, 0.15) is 11.9 Å². The van der Waals surface area contributed by atoms with Crippen LogP contribution in [-0.2, 0) is 16.0 Å². The number of carbonyl (C=O) groups excluding carboxylic acids is 2. The van der Waals surface area contributed by atoms with Gasteiger partial charge in [-0.2, -0.15) is 0 Å². The van der Waals surface area contributed by atoms with Crippen molar-refractivity contribution in [3.63, 3.8) is 0 Å². The summed E-state index contributed by atoms with van der Waals surface area (Å²) in [6.45, 7) is 0. The van der Waals surface area contributed by atoms with Gasteiger partial charge in [0.15, 0.2) is 11.5 Å². The van der Waals surface area contributed by atoms with Gasteiger partial charge in [-0.15, -0.1) is 0 Å². The molecule has 1 aliphatic carbocycles. The first-order valence-electron chi connectivity index (χ1n) is 13.6. The van der Waals surface area contributed by atoms with E-state index < -0.39 is 11.9 Å². The molecule has 4 aromatic rings. The number of rotatable bonds is 9. The fourth-order valence-corrected chi connectivity index (χ4v) is 5.53. The third kappa shape index (κ3) is 5.81. The average molecular weight is 544 g/mol. The minimum atomic E-state index is -1.03. The molecule has 1 fully saturated rings. The first-order chi connectivity index (χ1) is 19.5. The Bertz CT molecular complexity index is 1480. The molecule has 208 valence electrons. The first kappa shape index (κ1) is 27.2. The number of halogens is 1. The van der Waals surface area contributed by atoms with E-state index >= 15 is 0 Å². The molecule has 1 atom stereocenters. The number of benzene rings is 3. The Morgan fingerprint density at radius 2 is 1.70 bits per heavy atom. The number of anilines is 1. The number of aromatic nitrogens is 1. The number of H-pyrrole nitrogens is 1. The summed E-state index contributed by atoms with van der Waals surface area (Å²) in [6, 6.07) is 17.7. The van der Waals surface area contributed by atoms with Gasteiger partial charge in [-0.05, 0) is 54.3 Å². The zero-order valence-corrected chi connectivity index (χ0v) is 22.8. The molecule has 1 saturated carbocycles. The molecule has 2 N–H and O–H groups in total. The van der Waals surface area contributed by atoms with Gasteiger partial charge in [-0.25, -0.2) is 4.39 Å². The molecular formula is C32H34FN3O4. The number of carbonyl (C=O) groups is 2. The molecule has 0 saturated heterocycles. The van der Waals surface area contributed by atoms with Crippen LogP contribution in [0.15, 0.2) is 72.9 Å². The molecule has 2 amide bonds. The van der Waals surface area contributed by atoms with E-state index in [0.717, 1.165) is 48.6 Å². The maximum Gasteiger partial charge on any atom is 0.248 e. The number of methoxy groups -OCH3 is 2. The molecule has 1 heterocycles. The molecule has 8 heteroatoms. The van der Waals surface area contributed by atoms with Crippen LogP contribution >= 0.6 is 0 Å². The molecule has 0 spiro atoms. The van der Waals surface area contributed by atoms with E-state index in [1.807, 2.05) is 30.5 Å². The van der Waals surface area contributed by atoms with Crippen LogP contribution in [0.3, 0.4) is 0 Å². The van der Waals surface area contributed by atoms with Gasteiger partial charge < -0.3 is 19.8 Å². The van der Waals surface area contributed by atoms with Crippen LogP contribution in [-0.4, -0.2) is 37.1 Å². The summed E-state index contributed by atoms with van der Waals surface area (Å²) in [7, 11) is 3.06. The molecule has 3 aromatic carbocycles. The lowest BCUT2D eigenvalue weighted by atomic mass is 9.94. The highest BCUT2D eigenvalue weighted by atomic mass is 19.1. The minimum absolute atomic E-state index is 0.0279. The number of hydrogen-bond donors (Lipinski definition) is 2. The second kappa shape index (κ2) is 12.2. The SMILES string of the molecule is COc1ccc(N(C(=O)Cc2c[nH]c3ccccc23)C(C(=O)NC2CCCCC2)c2ccc(F)cc2)cc1OC. The zero-order valence-electron chi connectivity index (χ0n) is 22.8. The second-order valence-corrected chi connectivity index (χ2v) is 10.1. The van der Waals surface area contributed by atoms with Crippen molar-refractivity contribution in [2.45, 2.75) is 50.6 Å². The highest BCUT2D eigenvalue weighted by Crippen LogP contribution is 2.36. The van der Waals surface area contributed by atoms with E-state index in [1.54, 1.807) is 30.3 Å². The smallest absolute Gasteiger partial charge is 0.248 e. The van der Waals surface area contributed by atoms with Crippen LogP contribution in [0.5, 0.6) is 11.5 Å². The first-order valence-corrected chi connectivity index (χ1v) is 13.6. The van der Waals surface area contributed by atoms with E-state index in [0.29, 0.717) is 22.7 Å². The number of hydrogen-bond acceptors (Lipinski definition) is 4. The Labute approximate surface area is 233 Å².